The molecular formula is C20H25FN2O4S. The number of methoxy groups -OCH3 is 1. The van der Waals surface area contributed by atoms with Crippen LogP contribution < -0.4 is 14.4 Å². The number of nitrogens with zero attached hydrogens (tertiary/aromatic N) is 1. The first-order valence-corrected chi connectivity index (χ1v) is 10.7. The summed E-state index contributed by atoms with van der Waals surface area (Å²) >= 11 is 0. The predicted octanol–water partition coefficient (Wildman–Crippen LogP) is 2.74. The topological polar surface area (TPSA) is 75.7 Å². The molecule has 0 radical (unpaired) electrons. The van der Waals surface area contributed by atoms with Gasteiger partial charge in [-0.25, -0.2) is 12.8 Å². The summed E-state index contributed by atoms with van der Waals surface area (Å²) in [6.45, 7) is 1.81. The first kappa shape index (κ1) is 21.7. The standard InChI is InChI=1S/C20H25FN2O4S/c1-15(23(28(3,25)26)19-12-5-4-11-18(19)21)20(24)22-13-7-9-16-8-6-10-17(14-16)27-2/h4-6,8,10-12,14-15H,7,9,13H2,1-3H3,(H,22,24)/t15-/m0/s1. The van der Waals surface area contributed by atoms with E-state index in [4.69, 9.17) is 4.74 Å². The fourth-order valence-corrected chi connectivity index (χ4v) is 4.07. The van der Waals surface area contributed by atoms with Crippen LogP contribution in [0.25, 0.3) is 0 Å². The number of anilines is 1. The molecule has 28 heavy (non-hydrogen) atoms. The van der Waals surface area contributed by atoms with Crippen LogP contribution in [0.4, 0.5) is 10.1 Å². The third kappa shape index (κ3) is 5.69. The summed E-state index contributed by atoms with van der Waals surface area (Å²) in [6, 6.07) is 12.0. The minimum absolute atomic E-state index is 0.149. The van der Waals surface area contributed by atoms with E-state index in [1.165, 1.54) is 25.1 Å². The van der Waals surface area contributed by atoms with Crippen molar-refractivity contribution in [3.63, 3.8) is 0 Å². The normalized spacial score (nSPS) is 12.3. The summed E-state index contributed by atoms with van der Waals surface area (Å²) in [5.74, 6) is -0.422. The van der Waals surface area contributed by atoms with Gasteiger partial charge >= 0.3 is 0 Å². The van der Waals surface area contributed by atoms with E-state index in [0.717, 1.165) is 34.4 Å². The lowest BCUT2D eigenvalue weighted by Crippen LogP contribution is -2.48. The van der Waals surface area contributed by atoms with E-state index in [1.54, 1.807) is 7.11 Å². The number of aryl methyl sites for hydroxylation is 1. The van der Waals surface area contributed by atoms with E-state index < -0.39 is 27.8 Å². The zero-order chi connectivity index (χ0) is 20.7. The van der Waals surface area contributed by atoms with E-state index in [1.807, 2.05) is 24.3 Å². The largest absolute Gasteiger partial charge is 0.497 e. The molecule has 0 aliphatic rings. The van der Waals surface area contributed by atoms with Crippen molar-refractivity contribution in [1.29, 1.82) is 0 Å². The molecule has 1 amide bonds. The number of para-hydroxylation sites is 1. The van der Waals surface area contributed by atoms with Crippen LogP contribution in [0, 0.1) is 5.82 Å². The molecule has 0 unspecified atom stereocenters. The number of nitrogens with one attached hydrogen (secondary N) is 1. The van der Waals surface area contributed by atoms with Crippen molar-refractivity contribution in [2.45, 2.75) is 25.8 Å². The van der Waals surface area contributed by atoms with Crippen molar-refractivity contribution in [2.24, 2.45) is 0 Å². The lowest BCUT2D eigenvalue weighted by Gasteiger charge is -2.28. The Morgan fingerprint density at radius 2 is 1.93 bits per heavy atom. The third-order valence-electron chi connectivity index (χ3n) is 4.25. The van der Waals surface area contributed by atoms with Crippen molar-refractivity contribution in [1.82, 2.24) is 5.32 Å². The quantitative estimate of drug-likeness (QED) is 0.648. The molecule has 0 spiro atoms. The number of carbonyl (C=O) groups excluding carboxylic acids is 1. The molecule has 8 heteroatoms. The van der Waals surface area contributed by atoms with Crippen molar-refractivity contribution in [3.05, 3.63) is 59.9 Å². The fraction of sp³-hybridized carbons (Fsp3) is 0.350. The molecular weight excluding hydrogens is 383 g/mol. The number of carbonyl (C=O) groups is 1. The van der Waals surface area contributed by atoms with Crippen LogP contribution in [-0.4, -0.2) is 40.3 Å². The van der Waals surface area contributed by atoms with Gasteiger partial charge in [-0.15, -0.1) is 0 Å². The highest BCUT2D eigenvalue weighted by Gasteiger charge is 2.30. The highest BCUT2D eigenvalue weighted by Crippen LogP contribution is 2.24. The van der Waals surface area contributed by atoms with Crippen LogP contribution in [0.5, 0.6) is 5.75 Å². The average molecular weight is 408 g/mol. The number of hydrogen-bond donors (Lipinski definition) is 1. The van der Waals surface area contributed by atoms with E-state index in [0.29, 0.717) is 13.0 Å². The Hall–Kier alpha value is -2.61. The number of rotatable bonds is 9. The van der Waals surface area contributed by atoms with Gasteiger partial charge in [0.25, 0.3) is 0 Å². The summed E-state index contributed by atoms with van der Waals surface area (Å²) in [4.78, 5) is 12.5. The Balaban J connectivity index is 1.98. The molecule has 6 nitrogen and oxygen atoms in total. The Morgan fingerprint density at radius 3 is 2.57 bits per heavy atom. The molecule has 152 valence electrons. The second-order valence-electron chi connectivity index (χ2n) is 6.43. The zero-order valence-electron chi connectivity index (χ0n) is 16.2. The lowest BCUT2D eigenvalue weighted by atomic mass is 10.1. The van der Waals surface area contributed by atoms with Crippen LogP contribution in [0.2, 0.25) is 0 Å². The Morgan fingerprint density at radius 1 is 1.21 bits per heavy atom. The van der Waals surface area contributed by atoms with Gasteiger partial charge in [-0.2, -0.15) is 0 Å². The maximum absolute atomic E-state index is 14.1. The first-order valence-electron chi connectivity index (χ1n) is 8.88. The minimum atomic E-state index is -3.85. The van der Waals surface area contributed by atoms with Gasteiger partial charge in [-0.3, -0.25) is 9.10 Å². The Kier molecular flexibility index (Phi) is 7.39. The molecule has 0 aliphatic carbocycles. The molecule has 0 aromatic heterocycles. The zero-order valence-corrected chi connectivity index (χ0v) is 17.0. The monoisotopic (exact) mass is 408 g/mol. The highest BCUT2D eigenvalue weighted by molar-refractivity contribution is 7.92. The molecule has 2 aromatic carbocycles. The van der Waals surface area contributed by atoms with Crippen LogP contribution >= 0.6 is 0 Å². The summed E-state index contributed by atoms with van der Waals surface area (Å²) in [5, 5.41) is 2.72. The van der Waals surface area contributed by atoms with Gasteiger partial charge < -0.3 is 10.1 Å². The summed E-state index contributed by atoms with van der Waals surface area (Å²) in [7, 11) is -2.25. The van der Waals surface area contributed by atoms with Crippen molar-refractivity contribution in [3.8, 4) is 5.75 Å². The summed E-state index contributed by atoms with van der Waals surface area (Å²) in [5.41, 5.74) is 0.926. The average Bonchev–Trinajstić information content (AvgIpc) is 2.65. The van der Waals surface area contributed by atoms with Crippen molar-refractivity contribution in [2.75, 3.05) is 24.2 Å². The number of benzene rings is 2. The molecule has 0 fully saturated rings. The van der Waals surface area contributed by atoms with E-state index in [9.17, 15) is 17.6 Å². The highest BCUT2D eigenvalue weighted by atomic mass is 32.2. The number of hydrogen-bond acceptors (Lipinski definition) is 4. The molecule has 0 saturated heterocycles. The maximum Gasteiger partial charge on any atom is 0.243 e. The fourth-order valence-electron chi connectivity index (χ4n) is 2.89. The SMILES string of the molecule is COc1cccc(CCCNC(=O)[C@H](C)N(c2ccccc2F)S(C)(=O)=O)c1. The van der Waals surface area contributed by atoms with Crippen LogP contribution in [0.1, 0.15) is 18.9 Å². The molecule has 0 heterocycles. The van der Waals surface area contributed by atoms with E-state index in [2.05, 4.69) is 5.32 Å². The van der Waals surface area contributed by atoms with Crippen molar-refractivity contribution < 1.29 is 22.3 Å². The smallest absolute Gasteiger partial charge is 0.243 e. The Bertz CT molecular complexity index is 918. The Labute approximate surface area is 165 Å². The molecule has 2 aromatic rings. The number of ether oxygens (including phenoxy) is 1. The predicted molar refractivity (Wildman–Crippen MR) is 108 cm³/mol. The van der Waals surface area contributed by atoms with Crippen LogP contribution in [0.15, 0.2) is 48.5 Å². The first-order chi connectivity index (χ1) is 13.2. The molecule has 1 atom stereocenters. The maximum atomic E-state index is 14.1. The second kappa shape index (κ2) is 9.54. The van der Waals surface area contributed by atoms with E-state index >= 15 is 0 Å². The van der Waals surface area contributed by atoms with Gasteiger partial charge in [0.2, 0.25) is 15.9 Å². The lowest BCUT2D eigenvalue weighted by molar-refractivity contribution is -0.121. The van der Waals surface area contributed by atoms with Crippen molar-refractivity contribution >= 4 is 21.6 Å². The van der Waals surface area contributed by atoms with Gasteiger partial charge in [0, 0.05) is 6.54 Å². The van der Waals surface area contributed by atoms with E-state index in [-0.39, 0.29) is 5.69 Å². The van der Waals surface area contributed by atoms with Crippen LogP contribution in [-0.2, 0) is 21.2 Å². The van der Waals surface area contributed by atoms with Gasteiger partial charge in [-0.05, 0) is 49.6 Å². The molecule has 2 rings (SSSR count). The number of amides is 1. The summed E-state index contributed by atoms with van der Waals surface area (Å²) in [6.07, 6.45) is 2.35. The molecule has 1 N–H and O–H groups in total. The van der Waals surface area contributed by atoms with Gasteiger partial charge in [0.15, 0.2) is 0 Å². The molecule has 0 saturated carbocycles. The molecule has 0 aliphatic heterocycles. The molecule has 0 bridgehead atoms. The minimum Gasteiger partial charge on any atom is -0.497 e. The third-order valence-corrected chi connectivity index (χ3v) is 5.48. The van der Waals surface area contributed by atoms with Gasteiger partial charge in [0.05, 0.1) is 19.1 Å². The van der Waals surface area contributed by atoms with Gasteiger partial charge in [-0.1, -0.05) is 24.3 Å². The van der Waals surface area contributed by atoms with Crippen LogP contribution in [0.3, 0.4) is 0 Å². The second-order valence-corrected chi connectivity index (χ2v) is 8.29. The van der Waals surface area contributed by atoms with Gasteiger partial charge in [0.1, 0.15) is 17.6 Å². The number of halogens is 1. The summed E-state index contributed by atoms with van der Waals surface area (Å²) < 4.78 is 44.4. The number of sulfonamides is 1.